The highest BCUT2D eigenvalue weighted by molar-refractivity contribution is 5.54. The van der Waals surface area contributed by atoms with Gasteiger partial charge in [-0.1, -0.05) is 26.3 Å². The van der Waals surface area contributed by atoms with Crippen LogP contribution in [0.3, 0.4) is 0 Å². The normalized spacial score (nSPS) is 10.8. The number of hydrogen-bond donors (Lipinski definition) is 2. The van der Waals surface area contributed by atoms with E-state index in [-0.39, 0.29) is 12.4 Å². The van der Waals surface area contributed by atoms with Crippen LogP contribution in [0.1, 0.15) is 38.7 Å². The number of nitrogens with one attached hydrogen (secondary N) is 1. The molecule has 0 unspecified atom stereocenters. The number of benzene rings is 1. The molecule has 0 amide bonds. The van der Waals surface area contributed by atoms with Crippen LogP contribution in [0.2, 0.25) is 0 Å². The molecule has 0 aliphatic rings. The van der Waals surface area contributed by atoms with Gasteiger partial charge in [-0.3, -0.25) is 0 Å². The van der Waals surface area contributed by atoms with E-state index in [1.165, 1.54) is 6.07 Å². The van der Waals surface area contributed by atoms with Gasteiger partial charge in [-0.25, -0.2) is 4.39 Å². The molecule has 1 aromatic carbocycles. The molecule has 0 aliphatic carbocycles. The summed E-state index contributed by atoms with van der Waals surface area (Å²) in [6.07, 6.45) is 3.15. The van der Waals surface area contributed by atoms with E-state index in [0.29, 0.717) is 18.7 Å². The van der Waals surface area contributed by atoms with Crippen LogP contribution in [0, 0.1) is 5.82 Å². The summed E-state index contributed by atoms with van der Waals surface area (Å²) in [5.41, 5.74) is 1.60. The fraction of sp³-hybridized carbons (Fsp3) is 0.625. The van der Waals surface area contributed by atoms with Crippen LogP contribution in [0.15, 0.2) is 18.2 Å². The lowest BCUT2D eigenvalue weighted by molar-refractivity contribution is 0.301. The smallest absolute Gasteiger partial charge is 0.129 e. The summed E-state index contributed by atoms with van der Waals surface area (Å²) in [5.74, 6) is -0.175. The van der Waals surface area contributed by atoms with E-state index in [9.17, 15) is 9.50 Å². The summed E-state index contributed by atoms with van der Waals surface area (Å²) >= 11 is 0. The topological polar surface area (TPSA) is 35.5 Å². The Hall–Kier alpha value is -1.13. The first kappa shape index (κ1) is 16.9. The van der Waals surface area contributed by atoms with Gasteiger partial charge in [-0.2, -0.15) is 0 Å². The van der Waals surface area contributed by atoms with Gasteiger partial charge in [0.25, 0.3) is 0 Å². The quantitative estimate of drug-likeness (QED) is 0.648. The lowest BCUT2D eigenvalue weighted by Gasteiger charge is -2.26. The van der Waals surface area contributed by atoms with Crippen molar-refractivity contribution in [1.82, 2.24) is 5.32 Å². The Labute approximate surface area is 121 Å². The maximum atomic E-state index is 14.1. The van der Waals surface area contributed by atoms with Crippen molar-refractivity contribution in [3.05, 3.63) is 29.6 Å². The van der Waals surface area contributed by atoms with E-state index in [0.717, 1.165) is 38.0 Å². The molecule has 114 valence electrons. The Bertz CT molecular complexity index is 385. The molecular weight excluding hydrogens is 255 g/mol. The number of halogens is 1. The minimum absolute atomic E-state index is 0.0854. The van der Waals surface area contributed by atoms with Crippen molar-refractivity contribution in [1.29, 1.82) is 0 Å². The highest BCUT2D eigenvalue weighted by Gasteiger charge is 2.13. The second-order valence-corrected chi connectivity index (χ2v) is 4.98. The summed E-state index contributed by atoms with van der Waals surface area (Å²) < 4.78 is 14.1. The Morgan fingerprint density at radius 3 is 2.65 bits per heavy atom. The number of unbranched alkanes of at least 4 members (excludes halogenated alkanes) is 1. The molecule has 1 rings (SSSR count). The zero-order chi connectivity index (χ0) is 14.8. The zero-order valence-electron chi connectivity index (χ0n) is 12.7. The summed E-state index contributed by atoms with van der Waals surface area (Å²) in [5, 5.41) is 12.5. The summed E-state index contributed by atoms with van der Waals surface area (Å²) in [6, 6.07) is 5.19. The molecule has 0 saturated carbocycles. The molecule has 20 heavy (non-hydrogen) atoms. The van der Waals surface area contributed by atoms with Gasteiger partial charge >= 0.3 is 0 Å². The second-order valence-electron chi connectivity index (χ2n) is 4.98. The van der Waals surface area contributed by atoms with Crippen LogP contribution in [-0.2, 0) is 6.54 Å². The van der Waals surface area contributed by atoms with Crippen LogP contribution in [0.25, 0.3) is 0 Å². The van der Waals surface area contributed by atoms with Crippen molar-refractivity contribution in [3.8, 4) is 0 Å². The molecule has 1 aromatic rings. The maximum absolute atomic E-state index is 14.1. The predicted molar refractivity (Wildman–Crippen MR) is 82.6 cm³/mol. The second kappa shape index (κ2) is 9.72. The van der Waals surface area contributed by atoms with E-state index in [1.54, 1.807) is 6.07 Å². The van der Waals surface area contributed by atoms with E-state index >= 15 is 0 Å². The van der Waals surface area contributed by atoms with Crippen LogP contribution in [0.4, 0.5) is 10.1 Å². The third-order valence-electron chi connectivity index (χ3n) is 3.31. The highest BCUT2D eigenvalue weighted by Crippen LogP contribution is 2.23. The van der Waals surface area contributed by atoms with Crippen LogP contribution < -0.4 is 10.2 Å². The molecule has 3 nitrogen and oxygen atoms in total. The standard InChI is InChI=1S/C16H27FN2O/c1-3-5-10-19(11-12-20)16-8-6-7-15(17)14(16)13-18-9-4-2/h6-8,18,20H,3-5,9-13H2,1-2H3. The first-order valence-corrected chi connectivity index (χ1v) is 7.58. The first-order chi connectivity index (χ1) is 9.74. The van der Waals surface area contributed by atoms with Gasteiger partial charge < -0.3 is 15.3 Å². The minimum atomic E-state index is -0.175. The molecule has 0 bridgehead atoms. The number of anilines is 1. The van der Waals surface area contributed by atoms with Gasteiger partial charge in [0.15, 0.2) is 0 Å². The summed E-state index contributed by atoms with van der Waals surface area (Å²) in [7, 11) is 0. The SMILES string of the molecule is CCCCN(CCO)c1cccc(F)c1CNCCC. The van der Waals surface area contributed by atoms with E-state index in [1.807, 2.05) is 6.07 Å². The van der Waals surface area contributed by atoms with Crippen LogP contribution >= 0.6 is 0 Å². The molecule has 0 heterocycles. The number of hydrogen-bond acceptors (Lipinski definition) is 3. The van der Waals surface area contributed by atoms with E-state index < -0.39 is 0 Å². The average Bonchev–Trinajstić information content (AvgIpc) is 2.45. The Balaban J connectivity index is 2.90. The maximum Gasteiger partial charge on any atom is 0.129 e. The Kier molecular flexibility index (Phi) is 8.23. The monoisotopic (exact) mass is 282 g/mol. The van der Waals surface area contributed by atoms with Gasteiger partial charge in [0.05, 0.1) is 6.61 Å². The van der Waals surface area contributed by atoms with Crippen LogP contribution in [0.5, 0.6) is 0 Å². The van der Waals surface area contributed by atoms with E-state index in [2.05, 4.69) is 24.1 Å². The predicted octanol–water partition coefficient (Wildman–Crippen LogP) is 2.92. The Morgan fingerprint density at radius 1 is 1.20 bits per heavy atom. The van der Waals surface area contributed by atoms with E-state index in [4.69, 9.17) is 0 Å². The molecule has 0 atom stereocenters. The van der Waals surface area contributed by atoms with Gasteiger partial charge in [-0.05, 0) is 31.5 Å². The van der Waals surface area contributed by atoms with Crippen LogP contribution in [-0.4, -0.2) is 31.3 Å². The largest absolute Gasteiger partial charge is 0.395 e. The Morgan fingerprint density at radius 2 is 2.00 bits per heavy atom. The summed E-state index contributed by atoms with van der Waals surface area (Å²) in [4.78, 5) is 2.08. The number of nitrogens with zero attached hydrogens (tertiary/aromatic N) is 1. The number of aliphatic hydroxyl groups excluding tert-OH is 1. The molecule has 0 fully saturated rings. The van der Waals surface area contributed by atoms with Crippen molar-refractivity contribution in [2.24, 2.45) is 0 Å². The fourth-order valence-corrected chi connectivity index (χ4v) is 2.23. The third kappa shape index (κ3) is 5.10. The molecule has 4 heteroatoms. The molecule has 0 aliphatic heterocycles. The van der Waals surface area contributed by atoms with Crippen molar-refractivity contribution < 1.29 is 9.50 Å². The fourth-order valence-electron chi connectivity index (χ4n) is 2.23. The first-order valence-electron chi connectivity index (χ1n) is 7.58. The van der Waals surface area contributed by atoms with Crippen molar-refractivity contribution >= 4 is 5.69 Å². The molecule has 0 spiro atoms. The molecule has 0 saturated heterocycles. The van der Waals surface area contributed by atoms with Gasteiger partial charge in [0, 0.05) is 30.9 Å². The van der Waals surface area contributed by atoms with Crippen molar-refractivity contribution in [2.75, 3.05) is 31.1 Å². The molecule has 0 aromatic heterocycles. The van der Waals surface area contributed by atoms with Gasteiger partial charge in [0.1, 0.15) is 5.82 Å². The molecular formula is C16H27FN2O. The number of aliphatic hydroxyl groups is 1. The minimum Gasteiger partial charge on any atom is -0.395 e. The van der Waals surface area contributed by atoms with Crippen molar-refractivity contribution in [3.63, 3.8) is 0 Å². The summed E-state index contributed by atoms with van der Waals surface area (Å²) in [6.45, 7) is 7.11. The van der Waals surface area contributed by atoms with Gasteiger partial charge in [0.2, 0.25) is 0 Å². The molecule has 2 N–H and O–H groups in total. The van der Waals surface area contributed by atoms with Gasteiger partial charge in [-0.15, -0.1) is 0 Å². The zero-order valence-corrected chi connectivity index (χ0v) is 12.7. The highest BCUT2D eigenvalue weighted by atomic mass is 19.1. The average molecular weight is 282 g/mol. The van der Waals surface area contributed by atoms with Crippen molar-refractivity contribution in [2.45, 2.75) is 39.7 Å². The number of rotatable bonds is 10. The third-order valence-corrected chi connectivity index (χ3v) is 3.31. The molecule has 0 radical (unpaired) electrons. The lowest BCUT2D eigenvalue weighted by Crippen LogP contribution is -2.30. The lowest BCUT2D eigenvalue weighted by atomic mass is 10.1.